The fraction of sp³-hybridized carbons (Fsp3) is 0.300. The van der Waals surface area contributed by atoms with Gasteiger partial charge in [-0.1, -0.05) is 12.1 Å². The van der Waals surface area contributed by atoms with Crippen LogP contribution in [0.5, 0.6) is 17.2 Å². The van der Waals surface area contributed by atoms with E-state index in [1.54, 1.807) is 20.4 Å². The van der Waals surface area contributed by atoms with Crippen molar-refractivity contribution in [2.75, 3.05) is 63.8 Å². The molecule has 40 heavy (non-hydrogen) atoms. The lowest BCUT2D eigenvalue weighted by atomic mass is 10.1. The van der Waals surface area contributed by atoms with Crippen LogP contribution in [0.4, 0.5) is 17.2 Å². The van der Waals surface area contributed by atoms with Gasteiger partial charge in [0.05, 0.1) is 38.2 Å². The minimum absolute atomic E-state index is 0.155. The minimum Gasteiger partial charge on any atom is -0.497 e. The van der Waals surface area contributed by atoms with Crippen LogP contribution in [0, 0.1) is 11.3 Å². The Labute approximate surface area is 233 Å². The largest absolute Gasteiger partial charge is 0.497 e. The van der Waals surface area contributed by atoms with E-state index in [2.05, 4.69) is 26.2 Å². The van der Waals surface area contributed by atoms with E-state index in [-0.39, 0.29) is 6.61 Å². The van der Waals surface area contributed by atoms with Crippen molar-refractivity contribution in [2.45, 2.75) is 6.61 Å². The molecule has 206 valence electrons. The number of rotatable bonds is 10. The van der Waals surface area contributed by atoms with Crippen LogP contribution in [0.2, 0.25) is 0 Å². The van der Waals surface area contributed by atoms with Crippen molar-refractivity contribution in [3.63, 3.8) is 0 Å². The Morgan fingerprint density at radius 3 is 2.48 bits per heavy atom. The molecule has 0 radical (unpaired) electrons. The molecule has 10 heteroatoms. The summed E-state index contributed by atoms with van der Waals surface area (Å²) in [6.07, 6.45) is 1.76. The normalized spacial score (nSPS) is 13.6. The number of ether oxygens (including phenoxy) is 3. The van der Waals surface area contributed by atoms with E-state index in [0.29, 0.717) is 46.9 Å². The summed E-state index contributed by atoms with van der Waals surface area (Å²) >= 11 is 0. The number of piperazine rings is 1. The molecule has 1 aliphatic rings. The lowest BCUT2D eigenvalue weighted by Gasteiger charge is -2.34. The fourth-order valence-corrected chi connectivity index (χ4v) is 4.68. The Hall–Kier alpha value is -4.59. The first-order chi connectivity index (χ1) is 19.6. The number of aliphatic hydroxyl groups is 1. The van der Waals surface area contributed by atoms with E-state index < -0.39 is 0 Å². The molecule has 0 amide bonds. The van der Waals surface area contributed by atoms with Crippen LogP contribution in [0.15, 0.2) is 60.8 Å². The molecule has 0 aliphatic carbocycles. The highest BCUT2D eigenvalue weighted by atomic mass is 16.5. The van der Waals surface area contributed by atoms with Gasteiger partial charge in [-0.15, -0.1) is 0 Å². The number of aliphatic hydroxyl groups excluding tert-OH is 1. The number of methoxy groups -OCH3 is 2. The van der Waals surface area contributed by atoms with Crippen LogP contribution < -0.4 is 24.4 Å². The van der Waals surface area contributed by atoms with Gasteiger partial charge < -0.3 is 29.5 Å². The van der Waals surface area contributed by atoms with Crippen LogP contribution in [-0.4, -0.2) is 73.5 Å². The van der Waals surface area contributed by atoms with Gasteiger partial charge in [-0.05, 0) is 42.0 Å². The SMILES string of the molecule is COc1ccc(COc2ccc(Nc3ccc4ncc(N5CCN(CCO)CC5)nc4c3C#N)cc2OC)cc1. The van der Waals surface area contributed by atoms with Crippen LogP contribution in [0.3, 0.4) is 0 Å². The molecule has 0 atom stereocenters. The number of hydrogen-bond donors (Lipinski definition) is 2. The van der Waals surface area contributed by atoms with E-state index in [1.165, 1.54) is 0 Å². The number of aromatic nitrogens is 2. The van der Waals surface area contributed by atoms with Crippen molar-refractivity contribution in [2.24, 2.45) is 0 Å². The lowest BCUT2D eigenvalue weighted by molar-refractivity contribution is 0.188. The van der Waals surface area contributed by atoms with Gasteiger partial charge in [0.25, 0.3) is 0 Å². The number of benzene rings is 3. The maximum Gasteiger partial charge on any atom is 0.162 e. The Morgan fingerprint density at radius 2 is 1.77 bits per heavy atom. The molecule has 0 unspecified atom stereocenters. The van der Waals surface area contributed by atoms with Crippen LogP contribution in [0.25, 0.3) is 11.0 Å². The molecule has 1 aliphatic heterocycles. The molecule has 1 saturated heterocycles. The first-order valence-corrected chi connectivity index (χ1v) is 13.1. The van der Waals surface area contributed by atoms with Crippen LogP contribution in [0.1, 0.15) is 11.1 Å². The molecule has 2 N–H and O–H groups in total. The standard InChI is InChI=1S/C30H32N6O4/c1-38-23-6-3-21(4-7-23)20-40-27-10-5-22(17-28(27)39-2)33-25-8-9-26-30(24(25)18-31)34-29(19-32-26)36-13-11-35(12-14-36)15-16-37/h3-10,17,19,33,37H,11-16,20H2,1-2H3. The van der Waals surface area contributed by atoms with Gasteiger partial charge in [0.1, 0.15) is 35.3 Å². The highest BCUT2D eigenvalue weighted by molar-refractivity contribution is 5.89. The van der Waals surface area contributed by atoms with E-state index >= 15 is 0 Å². The Bertz CT molecular complexity index is 1500. The Morgan fingerprint density at radius 1 is 0.975 bits per heavy atom. The van der Waals surface area contributed by atoms with Crippen molar-refractivity contribution < 1.29 is 19.3 Å². The van der Waals surface area contributed by atoms with Crippen molar-refractivity contribution in [1.82, 2.24) is 14.9 Å². The summed E-state index contributed by atoms with van der Waals surface area (Å²) in [4.78, 5) is 13.8. The van der Waals surface area contributed by atoms with Gasteiger partial charge >= 0.3 is 0 Å². The molecular formula is C30H32N6O4. The maximum absolute atomic E-state index is 10.1. The molecule has 1 fully saturated rings. The molecule has 1 aromatic heterocycles. The number of fused-ring (bicyclic) bond motifs is 1. The second-order valence-corrected chi connectivity index (χ2v) is 9.38. The first kappa shape index (κ1) is 27.0. The number of nitrogens with zero attached hydrogens (tertiary/aromatic N) is 5. The third-order valence-electron chi connectivity index (χ3n) is 6.92. The second-order valence-electron chi connectivity index (χ2n) is 9.38. The summed E-state index contributed by atoms with van der Waals surface area (Å²) in [6.45, 7) is 4.46. The fourth-order valence-electron chi connectivity index (χ4n) is 4.68. The smallest absolute Gasteiger partial charge is 0.162 e. The quantitative estimate of drug-likeness (QED) is 0.306. The minimum atomic E-state index is 0.155. The monoisotopic (exact) mass is 540 g/mol. The maximum atomic E-state index is 10.1. The van der Waals surface area contributed by atoms with Gasteiger partial charge in [0.15, 0.2) is 11.5 Å². The van der Waals surface area contributed by atoms with Crippen molar-refractivity contribution in [3.05, 3.63) is 71.9 Å². The average molecular weight is 541 g/mol. The number of nitrogens with one attached hydrogen (secondary N) is 1. The molecule has 4 aromatic rings. The van der Waals surface area contributed by atoms with E-state index in [1.807, 2.05) is 54.6 Å². The predicted octanol–water partition coefficient (Wildman–Crippen LogP) is 3.96. The lowest BCUT2D eigenvalue weighted by Crippen LogP contribution is -2.47. The highest BCUT2D eigenvalue weighted by Crippen LogP contribution is 2.34. The molecule has 10 nitrogen and oxygen atoms in total. The summed E-state index contributed by atoms with van der Waals surface area (Å²) in [5, 5.41) is 22.6. The third-order valence-corrected chi connectivity index (χ3v) is 6.92. The van der Waals surface area contributed by atoms with Crippen molar-refractivity contribution in [1.29, 1.82) is 5.26 Å². The summed E-state index contributed by atoms with van der Waals surface area (Å²) in [5.74, 6) is 2.71. The van der Waals surface area contributed by atoms with Crippen LogP contribution >= 0.6 is 0 Å². The Balaban J connectivity index is 1.33. The topological polar surface area (TPSA) is 116 Å². The zero-order valence-electron chi connectivity index (χ0n) is 22.6. The summed E-state index contributed by atoms with van der Waals surface area (Å²) < 4.78 is 16.8. The number of β-amino-alcohol motifs (C(OH)–C–C–N with tert-alkyl or cyclic N) is 1. The zero-order valence-corrected chi connectivity index (χ0v) is 22.6. The van der Waals surface area contributed by atoms with E-state index in [9.17, 15) is 10.4 Å². The first-order valence-electron chi connectivity index (χ1n) is 13.1. The number of nitriles is 1. The van der Waals surface area contributed by atoms with Crippen LogP contribution in [-0.2, 0) is 6.61 Å². The van der Waals surface area contributed by atoms with E-state index in [0.717, 1.165) is 49.0 Å². The summed E-state index contributed by atoms with van der Waals surface area (Å²) in [7, 11) is 3.23. The Kier molecular flexibility index (Phi) is 8.44. The predicted molar refractivity (Wildman–Crippen MR) is 154 cm³/mol. The molecule has 2 heterocycles. The van der Waals surface area contributed by atoms with Gasteiger partial charge in [0.2, 0.25) is 0 Å². The summed E-state index contributed by atoms with van der Waals surface area (Å²) in [5.41, 5.74) is 4.01. The van der Waals surface area contributed by atoms with Gasteiger partial charge in [-0.3, -0.25) is 9.88 Å². The molecule has 5 rings (SSSR count). The third kappa shape index (κ3) is 6.01. The van der Waals surface area contributed by atoms with Gasteiger partial charge in [-0.25, -0.2) is 4.98 Å². The molecule has 0 saturated carbocycles. The molecule has 0 spiro atoms. The molecule has 3 aromatic carbocycles. The van der Waals surface area contributed by atoms with Gasteiger partial charge in [-0.2, -0.15) is 5.26 Å². The van der Waals surface area contributed by atoms with Gasteiger partial charge in [0, 0.05) is 44.5 Å². The van der Waals surface area contributed by atoms with E-state index in [4.69, 9.17) is 19.2 Å². The summed E-state index contributed by atoms with van der Waals surface area (Å²) in [6, 6.07) is 19.3. The van der Waals surface area contributed by atoms with Crippen molar-refractivity contribution in [3.8, 4) is 23.3 Å². The van der Waals surface area contributed by atoms with Crippen molar-refractivity contribution >= 4 is 28.2 Å². The number of hydrogen-bond acceptors (Lipinski definition) is 10. The number of anilines is 3. The second kappa shape index (κ2) is 12.5. The highest BCUT2D eigenvalue weighted by Gasteiger charge is 2.19. The average Bonchev–Trinajstić information content (AvgIpc) is 3.00. The molecular weight excluding hydrogens is 508 g/mol. The zero-order chi connectivity index (χ0) is 27.9. The molecule has 0 bridgehead atoms.